The molecule has 1 amide bonds. The Labute approximate surface area is 177 Å². The Morgan fingerprint density at radius 1 is 1.00 bits per heavy atom. The molecule has 0 saturated heterocycles. The lowest BCUT2D eigenvalue weighted by Gasteiger charge is -2.18. The van der Waals surface area contributed by atoms with Crippen molar-refractivity contribution in [2.75, 3.05) is 13.2 Å². The lowest BCUT2D eigenvalue weighted by Crippen LogP contribution is -2.32. The zero-order chi connectivity index (χ0) is 21.8. The minimum atomic E-state index is -0.438. The number of ether oxygens (including phenoxy) is 2. The Balaban J connectivity index is 1.66. The Morgan fingerprint density at radius 3 is 2.33 bits per heavy atom. The predicted octanol–water partition coefficient (Wildman–Crippen LogP) is 4.25. The van der Waals surface area contributed by atoms with Crippen molar-refractivity contribution in [3.8, 4) is 5.75 Å². The molecule has 0 aromatic heterocycles. The summed E-state index contributed by atoms with van der Waals surface area (Å²) in [5.74, 6) is -0.117. The summed E-state index contributed by atoms with van der Waals surface area (Å²) >= 11 is 0. The molecule has 0 heterocycles. The first kappa shape index (κ1) is 23.1. The molecule has 0 spiro atoms. The third-order valence-corrected chi connectivity index (χ3v) is 4.53. The third kappa shape index (κ3) is 8.07. The average molecular weight is 411 g/mol. The molecule has 1 N–H and O–H groups in total. The van der Waals surface area contributed by atoms with E-state index in [-0.39, 0.29) is 30.8 Å². The van der Waals surface area contributed by atoms with Gasteiger partial charge in [-0.05, 0) is 49.6 Å². The quantitative estimate of drug-likeness (QED) is 0.321. The van der Waals surface area contributed by atoms with E-state index in [1.54, 1.807) is 24.3 Å². The van der Waals surface area contributed by atoms with Crippen molar-refractivity contribution in [2.24, 2.45) is 0 Å². The number of benzene rings is 2. The standard InChI is InChI=1S/C24H29NO5/c1-3-8-22(20-9-5-4-6-10-20)25-23(27)17-30-24(28)11-7-16-29-21-14-12-19(13-15-21)18(2)26/h4-6,9-10,12-15,22H,3,7-8,11,16-17H2,1-2H3,(H,25,27)/t22-/m0/s1. The maximum absolute atomic E-state index is 12.2. The van der Waals surface area contributed by atoms with Crippen molar-refractivity contribution in [1.82, 2.24) is 5.32 Å². The summed E-state index contributed by atoms with van der Waals surface area (Å²) in [6, 6.07) is 16.5. The second-order valence-electron chi connectivity index (χ2n) is 7.01. The molecule has 0 bridgehead atoms. The smallest absolute Gasteiger partial charge is 0.306 e. The SMILES string of the molecule is CCC[C@H](NC(=O)COC(=O)CCCOc1ccc(C(C)=O)cc1)c1ccccc1. The van der Waals surface area contributed by atoms with Gasteiger partial charge in [0.1, 0.15) is 5.75 Å². The topological polar surface area (TPSA) is 81.7 Å². The minimum absolute atomic E-state index is 0.00174. The molecule has 1 atom stereocenters. The van der Waals surface area contributed by atoms with Crippen molar-refractivity contribution in [3.05, 3.63) is 65.7 Å². The molecule has 0 fully saturated rings. The highest BCUT2D eigenvalue weighted by Gasteiger charge is 2.15. The second kappa shape index (κ2) is 12.4. The van der Waals surface area contributed by atoms with Crippen LogP contribution in [-0.2, 0) is 14.3 Å². The number of hydrogen-bond donors (Lipinski definition) is 1. The lowest BCUT2D eigenvalue weighted by atomic mass is 10.0. The van der Waals surface area contributed by atoms with E-state index in [4.69, 9.17) is 9.47 Å². The van der Waals surface area contributed by atoms with Gasteiger partial charge >= 0.3 is 5.97 Å². The molecule has 6 heteroatoms. The number of hydrogen-bond acceptors (Lipinski definition) is 5. The molecule has 30 heavy (non-hydrogen) atoms. The van der Waals surface area contributed by atoms with Crippen LogP contribution in [0.15, 0.2) is 54.6 Å². The first-order valence-corrected chi connectivity index (χ1v) is 10.2. The first-order valence-electron chi connectivity index (χ1n) is 10.2. The normalized spacial score (nSPS) is 11.4. The molecule has 0 aliphatic heterocycles. The van der Waals surface area contributed by atoms with E-state index in [2.05, 4.69) is 12.2 Å². The summed E-state index contributed by atoms with van der Waals surface area (Å²) in [5, 5.41) is 2.93. The largest absolute Gasteiger partial charge is 0.494 e. The van der Waals surface area contributed by atoms with Gasteiger partial charge in [-0.3, -0.25) is 14.4 Å². The highest BCUT2D eigenvalue weighted by molar-refractivity contribution is 5.94. The second-order valence-corrected chi connectivity index (χ2v) is 7.01. The van der Waals surface area contributed by atoms with E-state index >= 15 is 0 Å². The molecule has 160 valence electrons. The van der Waals surface area contributed by atoms with Crippen LogP contribution in [0.1, 0.15) is 61.5 Å². The number of esters is 1. The van der Waals surface area contributed by atoms with Crippen LogP contribution in [0.4, 0.5) is 0 Å². The molecular formula is C24H29NO5. The van der Waals surface area contributed by atoms with Crippen LogP contribution >= 0.6 is 0 Å². The number of Topliss-reactive ketones (excluding diaryl/α,β-unsaturated/α-hetero) is 1. The van der Waals surface area contributed by atoms with Crippen molar-refractivity contribution in [1.29, 1.82) is 0 Å². The van der Waals surface area contributed by atoms with E-state index in [0.717, 1.165) is 18.4 Å². The maximum atomic E-state index is 12.2. The Hall–Kier alpha value is -3.15. The molecule has 6 nitrogen and oxygen atoms in total. The summed E-state index contributed by atoms with van der Waals surface area (Å²) in [6.45, 7) is 3.61. The van der Waals surface area contributed by atoms with Crippen LogP contribution in [0, 0.1) is 0 Å². The molecule has 2 aromatic carbocycles. The highest BCUT2D eigenvalue weighted by atomic mass is 16.5. The van der Waals surface area contributed by atoms with Gasteiger partial charge in [-0.2, -0.15) is 0 Å². The predicted molar refractivity (Wildman–Crippen MR) is 114 cm³/mol. The van der Waals surface area contributed by atoms with Crippen LogP contribution in [0.25, 0.3) is 0 Å². The van der Waals surface area contributed by atoms with E-state index in [0.29, 0.717) is 24.3 Å². The van der Waals surface area contributed by atoms with Crippen molar-refractivity contribution >= 4 is 17.7 Å². The van der Waals surface area contributed by atoms with Crippen molar-refractivity contribution in [2.45, 2.75) is 45.6 Å². The van der Waals surface area contributed by atoms with Gasteiger partial charge < -0.3 is 14.8 Å². The number of carbonyl (C=O) groups excluding carboxylic acids is 3. The van der Waals surface area contributed by atoms with Gasteiger partial charge in [0.05, 0.1) is 12.6 Å². The first-order chi connectivity index (χ1) is 14.5. The molecular weight excluding hydrogens is 382 g/mol. The fourth-order valence-corrected chi connectivity index (χ4v) is 2.94. The van der Waals surface area contributed by atoms with Gasteiger partial charge in [-0.15, -0.1) is 0 Å². The highest BCUT2D eigenvalue weighted by Crippen LogP contribution is 2.18. The number of nitrogens with one attached hydrogen (secondary N) is 1. The number of rotatable bonds is 12. The summed E-state index contributed by atoms with van der Waals surface area (Å²) < 4.78 is 10.6. The monoisotopic (exact) mass is 411 g/mol. The van der Waals surface area contributed by atoms with Gasteiger partial charge in [0.25, 0.3) is 5.91 Å². The summed E-state index contributed by atoms with van der Waals surface area (Å²) in [7, 11) is 0. The van der Waals surface area contributed by atoms with Crippen LogP contribution in [0.2, 0.25) is 0 Å². The molecule has 0 radical (unpaired) electrons. The van der Waals surface area contributed by atoms with E-state index in [9.17, 15) is 14.4 Å². The molecule has 2 aromatic rings. The molecule has 0 saturated carbocycles. The number of carbonyl (C=O) groups is 3. The molecule has 2 rings (SSSR count). The van der Waals surface area contributed by atoms with Crippen LogP contribution < -0.4 is 10.1 Å². The van der Waals surface area contributed by atoms with E-state index < -0.39 is 5.97 Å². The van der Waals surface area contributed by atoms with Gasteiger partial charge in [0.15, 0.2) is 12.4 Å². The third-order valence-electron chi connectivity index (χ3n) is 4.53. The fourth-order valence-electron chi connectivity index (χ4n) is 2.94. The lowest BCUT2D eigenvalue weighted by molar-refractivity contribution is -0.149. The van der Waals surface area contributed by atoms with E-state index in [1.807, 2.05) is 30.3 Å². The summed E-state index contributed by atoms with van der Waals surface area (Å²) in [6.07, 6.45) is 2.37. The molecule has 0 aliphatic rings. The Kier molecular flexibility index (Phi) is 9.58. The number of ketones is 1. The van der Waals surface area contributed by atoms with Gasteiger partial charge in [0.2, 0.25) is 0 Å². The molecule has 0 unspecified atom stereocenters. The Bertz CT molecular complexity index is 817. The van der Waals surface area contributed by atoms with E-state index in [1.165, 1.54) is 6.92 Å². The van der Waals surface area contributed by atoms with Crippen LogP contribution in [0.3, 0.4) is 0 Å². The zero-order valence-corrected chi connectivity index (χ0v) is 17.6. The molecule has 0 aliphatic carbocycles. The zero-order valence-electron chi connectivity index (χ0n) is 17.6. The minimum Gasteiger partial charge on any atom is -0.494 e. The van der Waals surface area contributed by atoms with Gasteiger partial charge in [-0.1, -0.05) is 43.7 Å². The van der Waals surface area contributed by atoms with Gasteiger partial charge in [-0.25, -0.2) is 0 Å². The van der Waals surface area contributed by atoms with Crippen LogP contribution in [-0.4, -0.2) is 30.9 Å². The van der Waals surface area contributed by atoms with Crippen LogP contribution in [0.5, 0.6) is 5.75 Å². The summed E-state index contributed by atoms with van der Waals surface area (Å²) in [4.78, 5) is 35.3. The number of amides is 1. The summed E-state index contributed by atoms with van der Waals surface area (Å²) in [5.41, 5.74) is 1.66. The van der Waals surface area contributed by atoms with Crippen molar-refractivity contribution in [3.63, 3.8) is 0 Å². The van der Waals surface area contributed by atoms with Gasteiger partial charge in [0, 0.05) is 12.0 Å². The average Bonchev–Trinajstić information content (AvgIpc) is 2.76. The van der Waals surface area contributed by atoms with Crippen molar-refractivity contribution < 1.29 is 23.9 Å². The fraction of sp³-hybridized carbons (Fsp3) is 0.375. The Morgan fingerprint density at radius 2 is 1.70 bits per heavy atom. The maximum Gasteiger partial charge on any atom is 0.306 e.